The lowest BCUT2D eigenvalue weighted by atomic mass is 10.1. The highest BCUT2D eigenvalue weighted by Gasteiger charge is 2.11. The third-order valence-electron chi connectivity index (χ3n) is 2.88. The Labute approximate surface area is 107 Å². The lowest BCUT2D eigenvalue weighted by Gasteiger charge is -2.21. The zero-order valence-electron chi connectivity index (χ0n) is 10.9. The van der Waals surface area contributed by atoms with Gasteiger partial charge in [-0.05, 0) is 29.8 Å². The zero-order chi connectivity index (χ0) is 13.5. The molecule has 0 spiro atoms. The van der Waals surface area contributed by atoms with Crippen LogP contribution in [0.1, 0.15) is 18.1 Å². The van der Waals surface area contributed by atoms with Crippen molar-refractivity contribution in [3.8, 4) is 0 Å². The van der Waals surface area contributed by atoms with Crippen molar-refractivity contribution in [1.82, 2.24) is 10.2 Å². The monoisotopic (exact) mass is 253 g/mol. The normalized spacial score (nSPS) is 10.7. The van der Waals surface area contributed by atoms with Crippen molar-refractivity contribution in [3.63, 3.8) is 0 Å². The molecule has 0 unspecified atom stereocenters. The molecule has 0 heterocycles. The number of nitrogens with one attached hydrogen (secondary N) is 1. The van der Waals surface area contributed by atoms with E-state index in [0.717, 1.165) is 17.7 Å². The molecule has 0 saturated heterocycles. The molecule has 0 aromatic heterocycles. The highest BCUT2D eigenvalue weighted by atomic mass is 19.1. The van der Waals surface area contributed by atoms with Crippen molar-refractivity contribution in [3.05, 3.63) is 35.1 Å². The average molecular weight is 253 g/mol. The smallest absolute Gasteiger partial charge is 0.233 e. The molecule has 0 aliphatic heterocycles. The molecular weight excluding hydrogens is 233 g/mol. The van der Waals surface area contributed by atoms with Gasteiger partial charge in [-0.3, -0.25) is 9.69 Å². The van der Waals surface area contributed by atoms with Gasteiger partial charge >= 0.3 is 0 Å². The number of nitrogens with two attached hydrogens (primary N) is 1. The quantitative estimate of drug-likeness (QED) is 0.790. The first-order valence-corrected chi connectivity index (χ1v) is 6.01. The van der Waals surface area contributed by atoms with Crippen LogP contribution in [0.3, 0.4) is 0 Å². The van der Waals surface area contributed by atoms with Gasteiger partial charge in [0.25, 0.3) is 0 Å². The molecule has 1 aromatic carbocycles. The molecule has 0 aliphatic carbocycles. The highest BCUT2D eigenvalue weighted by Crippen LogP contribution is 2.13. The molecule has 100 valence electrons. The van der Waals surface area contributed by atoms with Gasteiger partial charge in [0.1, 0.15) is 5.82 Å². The number of amides is 1. The Bertz CT molecular complexity index is 409. The van der Waals surface area contributed by atoms with Crippen LogP contribution in [0.4, 0.5) is 4.39 Å². The molecule has 0 radical (unpaired) electrons. The predicted octanol–water partition coefficient (Wildman–Crippen LogP) is 0.852. The second-order valence-corrected chi connectivity index (χ2v) is 4.09. The van der Waals surface area contributed by atoms with Crippen LogP contribution in [-0.4, -0.2) is 30.9 Å². The van der Waals surface area contributed by atoms with Crippen molar-refractivity contribution in [2.75, 3.05) is 20.1 Å². The Hall–Kier alpha value is -1.46. The number of hydrogen-bond donors (Lipinski definition) is 2. The number of nitrogens with zero attached hydrogens (tertiary/aromatic N) is 1. The summed E-state index contributed by atoms with van der Waals surface area (Å²) < 4.78 is 13.1. The molecule has 0 aliphatic rings. The fourth-order valence-electron chi connectivity index (χ4n) is 1.74. The molecule has 1 amide bonds. The molecule has 0 bridgehead atoms. The van der Waals surface area contributed by atoms with E-state index in [2.05, 4.69) is 5.32 Å². The lowest BCUT2D eigenvalue weighted by Crippen LogP contribution is -2.35. The van der Waals surface area contributed by atoms with Gasteiger partial charge < -0.3 is 11.1 Å². The molecular formula is C13H20FN3O. The second kappa shape index (κ2) is 7.08. The van der Waals surface area contributed by atoms with Crippen LogP contribution in [-0.2, 0) is 17.9 Å². The maximum Gasteiger partial charge on any atom is 0.233 e. The first-order chi connectivity index (χ1) is 8.60. The summed E-state index contributed by atoms with van der Waals surface area (Å²) in [4.78, 5) is 13.3. The number of hydrogen-bond acceptors (Lipinski definition) is 3. The van der Waals surface area contributed by atoms with Crippen molar-refractivity contribution < 1.29 is 9.18 Å². The van der Waals surface area contributed by atoms with Gasteiger partial charge in [0.15, 0.2) is 0 Å². The van der Waals surface area contributed by atoms with E-state index >= 15 is 0 Å². The number of benzene rings is 1. The molecule has 4 nitrogen and oxygen atoms in total. The first-order valence-electron chi connectivity index (χ1n) is 6.01. The first kappa shape index (κ1) is 14.6. The summed E-state index contributed by atoms with van der Waals surface area (Å²) in [6, 6.07) is 4.59. The van der Waals surface area contributed by atoms with Crippen molar-refractivity contribution in [2.24, 2.45) is 5.73 Å². The van der Waals surface area contributed by atoms with E-state index in [1.54, 1.807) is 13.1 Å². The van der Waals surface area contributed by atoms with Crippen LogP contribution in [0, 0.1) is 5.82 Å². The molecule has 1 aromatic rings. The number of likely N-dealkylation sites (N-methyl/N-ethyl adjacent to an activating group) is 2. The molecule has 0 saturated carbocycles. The topological polar surface area (TPSA) is 58.4 Å². The summed E-state index contributed by atoms with van der Waals surface area (Å²) in [5.41, 5.74) is 7.35. The Balaban J connectivity index is 2.78. The van der Waals surface area contributed by atoms with Gasteiger partial charge in [-0.25, -0.2) is 4.39 Å². The Morgan fingerprint density at radius 2 is 2.17 bits per heavy atom. The number of rotatable bonds is 6. The van der Waals surface area contributed by atoms with Crippen LogP contribution in [0.15, 0.2) is 18.2 Å². The molecule has 0 atom stereocenters. The number of halogens is 1. The van der Waals surface area contributed by atoms with E-state index in [-0.39, 0.29) is 11.7 Å². The summed E-state index contributed by atoms with van der Waals surface area (Å²) in [7, 11) is 1.61. The number of carbonyl (C=O) groups excluding carboxylic acids is 1. The largest absolute Gasteiger partial charge is 0.358 e. The van der Waals surface area contributed by atoms with E-state index in [0.29, 0.717) is 19.6 Å². The standard InChI is InChI=1S/C13H20FN3O/c1-3-17(9-13(18)16-2)8-10-4-5-12(14)6-11(10)7-15/h4-6H,3,7-9,15H2,1-2H3,(H,16,18). The summed E-state index contributed by atoms with van der Waals surface area (Å²) in [5.74, 6) is -0.318. The molecule has 5 heteroatoms. The maximum absolute atomic E-state index is 13.1. The fraction of sp³-hybridized carbons (Fsp3) is 0.462. The fourth-order valence-corrected chi connectivity index (χ4v) is 1.74. The SMILES string of the molecule is CCN(CC(=O)NC)Cc1ccc(F)cc1CN. The summed E-state index contributed by atoms with van der Waals surface area (Å²) >= 11 is 0. The Morgan fingerprint density at radius 3 is 2.72 bits per heavy atom. The molecule has 3 N–H and O–H groups in total. The lowest BCUT2D eigenvalue weighted by molar-refractivity contribution is -0.121. The average Bonchev–Trinajstić information content (AvgIpc) is 2.39. The second-order valence-electron chi connectivity index (χ2n) is 4.09. The van der Waals surface area contributed by atoms with Crippen LogP contribution < -0.4 is 11.1 Å². The van der Waals surface area contributed by atoms with E-state index in [9.17, 15) is 9.18 Å². The van der Waals surface area contributed by atoms with Crippen LogP contribution >= 0.6 is 0 Å². The van der Waals surface area contributed by atoms with Crippen LogP contribution in [0.2, 0.25) is 0 Å². The maximum atomic E-state index is 13.1. The van der Waals surface area contributed by atoms with Crippen molar-refractivity contribution in [2.45, 2.75) is 20.0 Å². The van der Waals surface area contributed by atoms with Gasteiger partial charge in [-0.2, -0.15) is 0 Å². The Morgan fingerprint density at radius 1 is 1.44 bits per heavy atom. The van der Waals surface area contributed by atoms with Crippen LogP contribution in [0.25, 0.3) is 0 Å². The van der Waals surface area contributed by atoms with E-state index in [4.69, 9.17) is 5.73 Å². The van der Waals surface area contributed by atoms with E-state index in [1.165, 1.54) is 12.1 Å². The third-order valence-corrected chi connectivity index (χ3v) is 2.88. The molecule has 0 fully saturated rings. The zero-order valence-corrected chi connectivity index (χ0v) is 10.9. The van der Waals surface area contributed by atoms with Gasteiger partial charge in [-0.15, -0.1) is 0 Å². The highest BCUT2D eigenvalue weighted by molar-refractivity contribution is 5.77. The summed E-state index contributed by atoms with van der Waals surface area (Å²) in [6.45, 7) is 3.94. The van der Waals surface area contributed by atoms with E-state index in [1.807, 2.05) is 11.8 Å². The predicted molar refractivity (Wildman–Crippen MR) is 69.3 cm³/mol. The van der Waals surface area contributed by atoms with Crippen molar-refractivity contribution in [1.29, 1.82) is 0 Å². The van der Waals surface area contributed by atoms with Gasteiger partial charge in [0.05, 0.1) is 6.54 Å². The Kier molecular flexibility index (Phi) is 5.74. The van der Waals surface area contributed by atoms with Crippen molar-refractivity contribution >= 4 is 5.91 Å². The van der Waals surface area contributed by atoms with Gasteiger partial charge in [0, 0.05) is 20.1 Å². The minimum Gasteiger partial charge on any atom is -0.358 e. The van der Waals surface area contributed by atoms with E-state index < -0.39 is 0 Å². The minimum absolute atomic E-state index is 0.0340. The molecule has 1 rings (SSSR count). The van der Waals surface area contributed by atoms with Gasteiger partial charge in [0.2, 0.25) is 5.91 Å². The van der Waals surface area contributed by atoms with Gasteiger partial charge in [-0.1, -0.05) is 13.0 Å². The third kappa shape index (κ3) is 4.09. The molecule has 18 heavy (non-hydrogen) atoms. The van der Waals surface area contributed by atoms with Crippen LogP contribution in [0.5, 0.6) is 0 Å². The number of carbonyl (C=O) groups is 1. The minimum atomic E-state index is -0.284. The summed E-state index contributed by atoms with van der Waals surface area (Å²) in [6.07, 6.45) is 0. The summed E-state index contributed by atoms with van der Waals surface area (Å²) in [5, 5.41) is 2.59.